The Morgan fingerprint density at radius 1 is 1.41 bits per heavy atom. The van der Waals surface area contributed by atoms with E-state index in [0.29, 0.717) is 0 Å². The maximum atomic E-state index is 6.25. The molecular weight excluding hydrogens is 365 g/mol. The van der Waals surface area contributed by atoms with E-state index in [9.17, 15) is 0 Å². The van der Waals surface area contributed by atoms with E-state index in [1.165, 1.54) is 31.5 Å². The summed E-state index contributed by atoms with van der Waals surface area (Å²) in [5.41, 5.74) is 1.23. The number of alkyl halides is 1. The number of likely N-dealkylation sites (tertiary alicyclic amines) is 1. The molecule has 1 nitrogen and oxygen atoms in total. The van der Waals surface area contributed by atoms with Gasteiger partial charge in [-0.15, -0.1) is 0 Å². The highest BCUT2D eigenvalue weighted by Gasteiger charge is 2.19. The third-order valence-electron chi connectivity index (χ3n) is 3.23. The Morgan fingerprint density at radius 3 is 2.94 bits per heavy atom. The van der Waals surface area contributed by atoms with Crippen LogP contribution in [0.5, 0.6) is 0 Å². The van der Waals surface area contributed by atoms with E-state index < -0.39 is 0 Å². The molecule has 1 atom stereocenters. The molecule has 1 fully saturated rings. The molecule has 0 N–H and O–H groups in total. The first-order chi connectivity index (χ1) is 8.19. The van der Waals surface area contributed by atoms with E-state index in [4.69, 9.17) is 11.6 Å². The van der Waals surface area contributed by atoms with Crippen LogP contribution in [0.1, 0.15) is 18.4 Å². The van der Waals surface area contributed by atoms with Gasteiger partial charge in [0.2, 0.25) is 0 Å². The molecule has 1 saturated heterocycles. The SMILES string of the molecule is Clc1cc(Br)ccc1CN1CCCC(CBr)C1. The number of piperidine rings is 1. The summed E-state index contributed by atoms with van der Waals surface area (Å²) in [6, 6.07) is 6.15. The lowest BCUT2D eigenvalue weighted by molar-refractivity contribution is 0.179. The van der Waals surface area contributed by atoms with Gasteiger partial charge in [0.25, 0.3) is 0 Å². The van der Waals surface area contributed by atoms with Crippen LogP contribution in [0.25, 0.3) is 0 Å². The molecule has 4 heteroatoms. The zero-order valence-corrected chi connectivity index (χ0v) is 13.6. The van der Waals surface area contributed by atoms with Gasteiger partial charge in [0, 0.05) is 27.9 Å². The van der Waals surface area contributed by atoms with Crippen molar-refractivity contribution >= 4 is 43.5 Å². The van der Waals surface area contributed by atoms with Crippen molar-refractivity contribution < 1.29 is 0 Å². The minimum Gasteiger partial charge on any atom is -0.299 e. The molecule has 1 aromatic rings. The van der Waals surface area contributed by atoms with Crippen LogP contribution >= 0.6 is 43.5 Å². The van der Waals surface area contributed by atoms with Crippen molar-refractivity contribution in [2.45, 2.75) is 19.4 Å². The average molecular weight is 382 g/mol. The first-order valence-electron chi connectivity index (χ1n) is 5.91. The van der Waals surface area contributed by atoms with Gasteiger partial charge in [0.1, 0.15) is 0 Å². The summed E-state index contributed by atoms with van der Waals surface area (Å²) in [6.07, 6.45) is 2.64. The Bertz CT molecular complexity index is 384. The number of nitrogens with zero attached hydrogens (tertiary/aromatic N) is 1. The molecule has 2 rings (SSSR count). The summed E-state index contributed by atoms with van der Waals surface area (Å²) < 4.78 is 1.04. The summed E-state index contributed by atoms with van der Waals surface area (Å²) in [7, 11) is 0. The topological polar surface area (TPSA) is 3.24 Å². The molecule has 0 saturated carbocycles. The van der Waals surface area contributed by atoms with E-state index in [1.54, 1.807) is 0 Å². The Balaban J connectivity index is 2.00. The highest BCUT2D eigenvalue weighted by atomic mass is 79.9. The lowest BCUT2D eigenvalue weighted by Gasteiger charge is -2.32. The molecule has 1 heterocycles. The van der Waals surface area contributed by atoms with Gasteiger partial charge >= 0.3 is 0 Å². The molecule has 0 aliphatic carbocycles. The lowest BCUT2D eigenvalue weighted by Crippen LogP contribution is -2.35. The molecule has 0 radical (unpaired) electrons. The Kier molecular flexibility index (Phi) is 5.34. The van der Waals surface area contributed by atoms with Gasteiger partial charge in [-0.05, 0) is 43.0 Å². The molecule has 1 unspecified atom stereocenters. The third-order valence-corrected chi connectivity index (χ3v) is 4.99. The van der Waals surface area contributed by atoms with Crippen LogP contribution in [0, 0.1) is 5.92 Å². The summed E-state index contributed by atoms with van der Waals surface area (Å²) in [5.74, 6) is 0.790. The number of hydrogen-bond donors (Lipinski definition) is 0. The maximum absolute atomic E-state index is 6.25. The third kappa shape index (κ3) is 3.95. The minimum absolute atomic E-state index is 0.790. The fourth-order valence-corrected chi connectivity index (χ4v) is 3.57. The molecule has 17 heavy (non-hydrogen) atoms. The monoisotopic (exact) mass is 379 g/mol. The van der Waals surface area contributed by atoms with Crippen molar-refractivity contribution in [1.82, 2.24) is 4.90 Å². The minimum atomic E-state index is 0.790. The fraction of sp³-hybridized carbons (Fsp3) is 0.538. The molecule has 0 bridgehead atoms. The van der Waals surface area contributed by atoms with Crippen LogP contribution < -0.4 is 0 Å². The number of rotatable bonds is 3. The van der Waals surface area contributed by atoms with E-state index >= 15 is 0 Å². The number of benzene rings is 1. The zero-order chi connectivity index (χ0) is 12.3. The van der Waals surface area contributed by atoms with Crippen LogP contribution in [0.4, 0.5) is 0 Å². The normalized spacial score (nSPS) is 21.7. The molecule has 0 amide bonds. The van der Waals surface area contributed by atoms with E-state index in [1.807, 2.05) is 6.07 Å². The van der Waals surface area contributed by atoms with Crippen LogP contribution in [0.2, 0.25) is 5.02 Å². The van der Waals surface area contributed by atoms with Crippen molar-refractivity contribution in [1.29, 1.82) is 0 Å². The first kappa shape index (κ1) is 13.9. The highest BCUT2D eigenvalue weighted by molar-refractivity contribution is 9.10. The predicted molar refractivity (Wildman–Crippen MR) is 80.9 cm³/mol. The van der Waals surface area contributed by atoms with E-state index in [0.717, 1.165) is 27.3 Å². The Hall–Kier alpha value is 0.430. The quantitative estimate of drug-likeness (QED) is 0.686. The van der Waals surface area contributed by atoms with Gasteiger partial charge in [-0.25, -0.2) is 0 Å². The summed E-state index contributed by atoms with van der Waals surface area (Å²) >= 11 is 13.3. The molecule has 1 aliphatic heterocycles. The van der Waals surface area contributed by atoms with Gasteiger partial charge < -0.3 is 0 Å². The predicted octanol–water partition coefficient (Wildman–Crippen LogP) is 4.71. The second kappa shape index (κ2) is 6.55. The Morgan fingerprint density at radius 2 is 2.24 bits per heavy atom. The molecule has 94 valence electrons. The van der Waals surface area contributed by atoms with Gasteiger partial charge in [0.05, 0.1) is 0 Å². The van der Waals surface area contributed by atoms with Gasteiger partial charge in [-0.3, -0.25) is 4.90 Å². The maximum Gasteiger partial charge on any atom is 0.0462 e. The summed E-state index contributed by atoms with van der Waals surface area (Å²) in [6.45, 7) is 3.34. The fourth-order valence-electron chi connectivity index (χ4n) is 2.31. The molecule has 1 aromatic carbocycles. The largest absolute Gasteiger partial charge is 0.299 e. The van der Waals surface area contributed by atoms with E-state index in [2.05, 4.69) is 48.9 Å². The molecule has 1 aliphatic rings. The summed E-state index contributed by atoms with van der Waals surface area (Å²) in [4.78, 5) is 2.50. The van der Waals surface area contributed by atoms with Crippen molar-refractivity contribution in [3.05, 3.63) is 33.3 Å². The van der Waals surface area contributed by atoms with Crippen LogP contribution in [0.3, 0.4) is 0 Å². The summed E-state index contributed by atoms with van der Waals surface area (Å²) in [5, 5.41) is 1.97. The van der Waals surface area contributed by atoms with Gasteiger partial charge in [-0.1, -0.05) is 49.5 Å². The van der Waals surface area contributed by atoms with Crippen LogP contribution in [-0.2, 0) is 6.54 Å². The van der Waals surface area contributed by atoms with Crippen LogP contribution in [-0.4, -0.2) is 23.3 Å². The smallest absolute Gasteiger partial charge is 0.0462 e. The lowest BCUT2D eigenvalue weighted by atomic mass is 10.00. The average Bonchev–Trinajstić information content (AvgIpc) is 2.33. The standard InChI is InChI=1S/C13H16Br2ClN/c14-7-10-2-1-5-17(8-10)9-11-3-4-12(15)6-13(11)16/h3-4,6,10H,1-2,5,7-9H2. The van der Waals surface area contributed by atoms with E-state index in [-0.39, 0.29) is 0 Å². The second-order valence-corrected chi connectivity index (χ2v) is 6.60. The number of hydrogen-bond acceptors (Lipinski definition) is 1. The number of halogens is 3. The van der Waals surface area contributed by atoms with Crippen molar-refractivity contribution in [3.8, 4) is 0 Å². The van der Waals surface area contributed by atoms with Gasteiger partial charge in [0.15, 0.2) is 0 Å². The van der Waals surface area contributed by atoms with Crippen LogP contribution in [0.15, 0.2) is 22.7 Å². The Labute approximate surface area is 125 Å². The first-order valence-corrected chi connectivity index (χ1v) is 8.20. The second-order valence-electron chi connectivity index (χ2n) is 4.63. The van der Waals surface area contributed by atoms with Crippen molar-refractivity contribution in [2.24, 2.45) is 5.92 Å². The molecule has 0 aromatic heterocycles. The van der Waals surface area contributed by atoms with Crippen molar-refractivity contribution in [2.75, 3.05) is 18.4 Å². The molecular formula is C13H16Br2ClN. The highest BCUT2D eigenvalue weighted by Crippen LogP contribution is 2.25. The van der Waals surface area contributed by atoms with Crippen molar-refractivity contribution in [3.63, 3.8) is 0 Å². The molecule has 0 spiro atoms. The zero-order valence-electron chi connectivity index (χ0n) is 9.63. The van der Waals surface area contributed by atoms with Gasteiger partial charge in [-0.2, -0.15) is 0 Å².